The molecule has 0 aromatic heterocycles. The van der Waals surface area contributed by atoms with E-state index >= 15 is 0 Å². The van der Waals surface area contributed by atoms with Gasteiger partial charge in [-0.3, -0.25) is 0 Å². The molecule has 1 aliphatic heterocycles. The smallest absolute Gasteiger partial charge is 0.457 e. The molecule has 5 nitrogen and oxygen atoms in total. The van der Waals surface area contributed by atoms with E-state index in [2.05, 4.69) is 17.4 Å². The largest absolute Gasteiger partial charge is 0.511 e. The zero-order valence-electron chi connectivity index (χ0n) is 19.9. The summed E-state index contributed by atoms with van der Waals surface area (Å²) in [5.41, 5.74) is 3.27. The molecule has 5 aliphatic rings. The molecule has 4 aliphatic carbocycles. The van der Waals surface area contributed by atoms with Crippen LogP contribution in [0.1, 0.15) is 88.2 Å². The Morgan fingerprint density at radius 1 is 1.00 bits per heavy atom. The number of fused-ring (bicyclic) bond motifs is 2. The highest BCUT2D eigenvalue weighted by Gasteiger charge is 2.51. The molecule has 1 N–H and O–H groups in total. The first-order valence-corrected chi connectivity index (χ1v) is 13.5. The van der Waals surface area contributed by atoms with Gasteiger partial charge in [0.05, 0.1) is 0 Å². The van der Waals surface area contributed by atoms with E-state index in [1.807, 2.05) is 6.07 Å². The lowest BCUT2D eigenvalue weighted by atomic mass is 9.53. The van der Waals surface area contributed by atoms with Crippen molar-refractivity contribution in [2.75, 3.05) is 13.3 Å². The zero-order chi connectivity index (χ0) is 22.3. The van der Waals surface area contributed by atoms with E-state index in [0.717, 1.165) is 49.3 Å². The highest BCUT2D eigenvalue weighted by molar-refractivity contribution is 5.60. The second-order valence-electron chi connectivity index (χ2n) is 11.4. The summed E-state index contributed by atoms with van der Waals surface area (Å²) in [7, 11) is 0. The number of benzene rings is 1. The summed E-state index contributed by atoms with van der Waals surface area (Å²) >= 11 is 0. The third-order valence-corrected chi connectivity index (χ3v) is 9.78. The third kappa shape index (κ3) is 4.15. The summed E-state index contributed by atoms with van der Waals surface area (Å²) in [4.78, 5) is 12.3. The predicted molar refractivity (Wildman–Crippen MR) is 126 cm³/mol. The molecule has 1 aromatic carbocycles. The molecule has 0 spiro atoms. The predicted octanol–water partition coefficient (Wildman–Crippen LogP) is 5.88. The fourth-order valence-corrected chi connectivity index (χ4v) is 8.25. The van der Waals surface area contributed by atoms with Crippen molar-refractivity contribution < 1.29 is 19.0 Å². The molecule has 33 heavy (non-hydrogen) atoms. The van der Waals surface area contributed by atoms with E-state index in [1.165, 1.54) is 75.3 Å². The van der Waals surface area contributed by atoms with Crippen LogP contribution in [0.4, 0.5) is 4.79 Å². The lowest BCUT2D eigenvalue weighted by Crippen LogP contribution is -2.59. The minimum absolute atomic E-state index is 0.00999. The average Bonchev–Trinajstić information content (AvgIpc) is 2.84. The van der Waals surface area contributed by atoms with E-state index in [-0.39, 0.29) is 12.9 Å². The molecule has 6 rings (SSSR count). The van der Waals surface area contributed by atoms with Crippen molar-refractivity contribution >= 4 is 6.16 Å². The molecule has 0 amide bonds. The Bertz CT molecular complexity index is 867. The van der Waals surface area contributed by atoms with Gasteiger partial charge in [0.2, 0.25) is 6.79 Å². The highest BCUT2D eigenvalue weighted by Crippen LogP contribution is 2.54. The van der Waals surface area contributed by atoms with Crippen molar-refractivity contribution in [1.29, 1.82) is 0 Å². The summed E-state index contributed by atoms with van der Waals surface area (Å²) in [6.45, 7) is 1.03. The quantitative estimate of drug-likeness (QED) is 0.456. The van der Waals surface area contributed by atoms with Gasteiger partial charge in [0.15, 0.2) is 0 Å². The molecule has 3 unspecified atom stereocenters. The van der Waals surface area contributed by atoms with E-state index in [4.69, 9.17) is 14.2 Å². The van der Waals surface area contributed by atoms with Crippen molar-refractivity contribution in [1.82, 2.24) is 5.32 Å². The fourth-order valence-electron chi connectivity index (χ4n) is 8.25. The van der Waals surface area contributed by atoms with Gasteiger partial charge in [-0.25, -0.2) is 4.79 Å². The second kappa shape index (κ2) is 9.13. The van der Waals surface area contributed by atoms with E-state index < -0.39 is 6.16 Å². The molecule has 180 valence electrons. The van der Waals surface area contributed by atoms with Crippen molar-refractivity contribution in [2.45, 2.75) is 101 Å². The van der Waals surface area contributed by atoms with Crippen LogP contribution in [0.2, 0.25) is 0 Å². The van der Waals surface area contributed by atoms with Gasteiger partial charge in [0, 0.05) is 11.5 Å². The molecule has 3 saturated carbocycles. The SMILES string of the molecule is O=C(OCOc1ccc2c(c1)[C@@]13CCCC[C@H]1[C@@H](C2)NCC3)OC1CCC2CCCCC2C1. The summed E-state index contributed by atoms with van der Waals surface area (Å²) in [5, 5.41) is 3.79. The molecule has 1 saturated heterocycles. The molecule has 0 radical (unpaired) electrons. The summed E-state index contributed by atoms with van der Waals surface area (Å²) in [5.74, 6) is 3.13. The Hall–Kier alpha value is -1.75. The van der Waals surface area contributed by atoms with Gasteiger partial charge >= 0.3 is 6.16 Å². The maximum atomic E-state index is 12.3. The zero-order valence-corrected chi connectivity index (χ0v) is 19.9. The van der Waals surface area contributed by atoms with Crippen LogP contribution in [0.25, 0.3) is 0 Å². The Labute approximate surface area is 197 Å². The fraction of sp³-hybridized carbons (Fsp3) is 0.750. The first-order chi connectivity index (χ1) is 16.2. The van der Waals surface area contributed by atoms with E-state index in [9.17, 15) is 4.79 Å². The number of hydrogen-bond acceptors (Lipinski definition) is 5. The first kappa shape index (κ1) is 21.8. The number of carbonyl (C=O) groups excluding carboxylic acids is 1. The normalized spacial score (nSPS) is 37.2. The van der Waals surface area contributed by atoms with Gasteiger partial charge in [-0.05, 0) is 92.5 Å². The molecule has 4 fully saturated rings. The minimum atomic E-state index is -0.584. The van der Waals surface area contributed by atoms with Crippen molar-refractivity contribution in [3.8, 4) is 5.75 Å². The Morgan fingerprint density at radius 2 is 1.88 bits per heavy atom. The lowest BCUT2D eigenvalue weighted by Gasteiger charge is -2.56. The van der Waals surface area contributed by atoms with Gasteiger partial charge in [0.1, 0.15) is 11.9 Å². The monoisotopic (exact) mass is 453 g/mol. The molecular formula is C28H39NO4. The molecule has 2 bridgehead atoms. The van der Waals surface area contributed by atoms with Crippen LogP contribution < -0.4 is 10.1 Å². The first-order valence-electron chi connectivity index (χ1n) is 13.5. The van der Waals surface area contributed by atoms with Crippen LogP contribution in [0.3, 0.4) is 0 Å². The lowest BCUT2D eigenvalue weighted by molar-refractivity contribution is -0.0373. The van der Waals surface area contributed by atoms with Crippen LogP contribution in [0.15, 0.2) is 18.2 Å². The topological polar surface area (TPSA) is 56.8 Å². The van der Waals surface area contributed by atoms with Crippen LogP contribution in [0, 0.1) is 17.8 Å². The van der Waals surface area contributed by atoms with Crippen LogP contribution in [-0.2, 0) is 21.3 Å². The van der Waals surface area contributed by atoms with Crippen LogP contribution in [-0.4, -0.2) is 31.6 Å². The maximum Gasteiger partial charge on any atom is 0.511 e. The van der Waals surface area contributed by atoms with Crippen LogP contribution >= 0.6 is 0 Å². The average molecular weight is 454 g/mol. The maximum absolute atomic E-state index is 12.3. The molecule has 1 heterocycles. The standard InChI is InChI=1S/C28H39NO4/c30-27(33-23-11-8-19-5-1-2-6-20(19)15-23)32-18-31-22-10-9-21-16-26-24-7-3-4-12-28(24,13-14-29-26)25(21)17-22/h9-10,17,19-20,23-24,26,29H,1-8,11-16,18H2/t19?,20?,23?,24-,26+,28+/m0/s1. The number of nitrogens with one attached hydrogen (secondary N) is 1. The summed E-state index contributed by atoms with van der Waals surface area (Å²) < 4.78 is 16.9. The van der Waals surface area contributed by atoms with Gasteiger partial charge < -0.3 is 19.5 Å². The Balaban J connectivity index is 1.05. The number of hydrogen-bond donors (Lipinski definition) is 1. The molecule has 5 heteroatoms. The second-order valence-corrected chi connectivity index (χ2v) is 11.4. The van der Waals surface area contributed by atoms with Crippen molar-refractivity contribution in [2.24, 2.45) is 17.8 Å². The third-order valence-electron chi connectivity index (χ3n) is 9.78. The number of ether oxygens (including phenoxy) is 3. The molecule has 1 aromatic rings. The van der Waals surface area contributed by atoms with Gasteiger partial charge in [0.25, 0.3) is 0 Å². The van der Waals surface area contributed by atoms with Gasteiger partial charge in [-0.2, -0.15) is 0 Å². The van der Waals surface area contributed by atoms with Gasteiger partial charge in [-0.15, -0.1) is 0 Å². The Morgan fingerprint density at radius 3 is 2.82 bits per heavy atom. The van der Waals surface area contributed by atoms with E-state index in [0.29, 0.717) is 11.5 Å². The highest BCUT2D eigenvalue weighted by atomic mass is 16.8. The Kier molecular flexibility index (Phi) is 6.02. The summed E-state index contributed by atoms with van der Waals surface area (Å²) in [6, 6.07) is 7.14. The van der Waals surface area contributed by atoms with Crippen molar-refractivity contribution in [3.05, 3.63) is 29.3 Å². The van der Waals surface area contributed by atoms with Gasteiger partial charge in [-0.1, -0.05) is 44.6 Å². The molecule has 6 atom stereocenters. The minimum Gasteiger partial charge on any atom is -0.457 e. The number of carbonyl (C=O) groups is 1. The molecular weight excluding hydrogens is 414 g/mol. The summed E-state index contributed by atoms with van der Waals surface area (Å²) in [6.07, 6.45) is 15.6. The van der Waals surface area contributed by atoms with Crippen molar-refractivity contribution in [3.63, 3.8) is 0 Å². The number of piperidine rings is 1. The number of rotatable bonds is 4. The van der Waals surface area contributed by atoms with E-state index in [1.54, 1.807) is 0 Å². The van der Waals surface area contributed by atoms with Crippen LogP contribution in [0.5, 0.6) is 5.75 Å².